The topological polar surface area (TPSA) is 47.3 Å². The van der Waals surface area contributed by atoms with Crippen LogP contribution in [0.5, 0.6) is 5.75 Å². The van der Waals surface area contributed by atoms with Crippen molar-refractivity contribution in [2.45, 2.75) is 19.9 Å². The number of aromatic nitrogens is 1. The summed E-state index contributed by atoms with van der Waals surface area (Å²) in [5, 5.41) is 3.94. The number of hydrogen-bond donors (Lipinski definition) is 1. The second kappa shape index (κ2) is 6.59. The number of methoxy groups -OCH3 is 1. The van der Waals surface area contributed by atoms with E-state index in [1.165, 1.54) is 6.39 Å². The maximum Gasteiger partial charge on any atom is 0.181 e. The smallest absolute Gasteiger partial charge is 0.181 e. The molecule has 0 aliphatic heterocycles. The lowest BCUT2D eigenvalue weighted by atomic mass is 10.1. The summed E-state index contributed by atoms with van der Waals surface area (Å²) in [6, 6.07) is 5.46. The molecule has 0 fully saturated rings. The van der Waals surface area contributed by atoms with E-state index < -0.39 is 0 Å². The minimum absolute atomic E-state index is 0.630. The molecule has 0 atom stereocenters. The molecule has 0 spiro atoms. The Morgan fingerprint density at radius 2 is 2.26 bits per heavy atom. The third-order valence-electron chi connectivity index (χ3n) is 2.77. The maximum atomic E-state index is 5.96. The Balaban J connectivity index is 2.29. The van der Waals surface area contributed by atoms with Crippen LogP contribution in [-0.2, 0) is 6.54 Å². The Kier molecular flexibility index (Phi) is 4.82. The minimum atomic E-state index is 0.630. The number of nitrogens with one attached hydrogen (secondary N) is 1. The average Bonchev–Trinajstić information content (AvgIpc) is 2.87. The molecule has 2 rings (SSSR count). The second-order valence-electron chi connectivity index (χ2n) is 4.15. The van der Waals surface area contributed by atoms with Gasteiger partial charge < -0.3 is 14.5 Å². The number of ether oxygens (including phenoxy) is 1. The molecule has 0 saturated heterocycles. The summed E-state index contributed by atoms with van der Waals surface area (Å²) < 4.78 is 10.8. The molecule has 0 amide bonds. The van der Waals surface area contributed by atoms with Gasteiger partial charge in [0.05, 0.1) is 12.7 Å². The van der Waals surface area contributed by atoms with Crippen LogP contribution >= 0.6 is 11.6 Å². The van der Waals surface area contributed by atoms with Gasteiger partial charge in [0, 0.05) is 11.6 Å². The fourth-order valence-corrected chi connectivity index (χ4v) is 2.01. The molecule has 0 aliphatic carbocycles. The number of halogens is 1. The van der Waals surface area contributed by atoms with Crippen molar-refractivity contribution < 1.29 is 9.15 Å². The summed E-state index contributed by atoms with van der Waals surface area (Å²) in [7, 11) is 1.61. The van der Waals surface area contributed by atoms with Gasteiger partial charge >= 0.3 is 0 Å². The number of rotatable bonds is 6. The molecule has 2 aromatic rings. The van der Waals surface area contributed by atoms with E-state index in [0.717, 1.165) is 30.0 Å². The van der Waals surface area contributed by atoms with Gasteiger partial charge in [0.1, 0.15) is 11.4 Å². The van der Waals surface area contributed by atoms with E-state index >= 15 is 0 Å². The van der Waals surface area contributed by atoms with Crippen LogP contribution in [0.3, 0.4) is 0 Å². The normalized spacial score (nSPS) is 10.7. The van der Waals surface area contributed by atoms with Crippen LogP contribution in [-0.4, -0.2) is 18.6 Å². The van der Waals surface area contributed by atoms with Crippen LogP contribution < -0.4 is 10.1 Å². The second-order valence-corrected chi connectivity index (χ2v) is 4.59. The fourth-order valence-electron chi connectivity index (χ4n) is 1.85. The van der Waals surface area contributed by atoms with Crippen molar-refractivity contribution in [3.63, 3.8) is 0 Å². The third kappa shape index (κ3) is 3.28. The van der Waals surface area contributed by atoms with Crippen LogP contribution in [0.1, 0.15) is 19.0 Å². The van der Waals surface area contributed by atoms with Crippen LogP contribution in [0.2, 0.25) is 5.02 Å². The van der Waals surface area contributed by atoms with E-state index in [-0.39, 0.29) is 0 Å². The summed E-state index contributed by atoms with van der Waals surface area (Å²) >= 11 is 5.96. The first-order chi connectivity index (χ1) is 9.26. The van der Waals surface area contributed by atoms with Crippen LogP contribution in [0, 0.1) is 0 Å². The predicted molar refractivity (Wildman–Crippen MR) is 75.5 cm³/mol. The SMILES string of the molecule is CCCNCc1ncoc1-c1ccc(Cl)cc1OC. The highest BCUT2D eigenvalue weighted by Gasteiger charge is 2.15. The van der Waals surface area contributed by atoms with Gasteiger partial charge in [-0.25, -0.2) is 4.98 Å². The van der Waals surface area contributed by atoms with Crippen molar-refractivity contribution in [2.24, 2.45) is 0 Å². The van der Waals surface area contributed by atoms with Crippen LogP contribution in [0.15, 0.2) is 29.0 Å². The number of oxazole rings is 1. The van der Waals surface area contributed by atoms with Crippen molar-refractivity contribution in [3.05, 3.63) is 35.3 Å². The number of nitrogens with zero attached hydrogens (tertiary/aromatic N) is 1. The van der Waals surface area contributed by atoms with Crippen LogP contribution in [0.4, 0.5) is 0 Å². The van der Waals surface area contributed by atoms with Gasteiger partial charge in [-0.3, -0.25) is 0 Å². The van der Waals surface area contributed by atoms with E-state index in [1.54, 1.807) is 13.2 Å². The van der Waals surface area contributed by atoms with Gasteiger partial charge in [0.25, 0.3) is 0 Å². The van der Waals surface area contributed by atoms with Gasteiger partial charge in [0.15, 0.2) is 12.2 Å². The lowest BCUT2D eigenvalue weighted by Crippen LogP contribution is -2.14. The minimum Gasteiger partial charge on any atom is -0.496 e. The predicted octanol–water partition coefficient (Wildman–Crippen LogP) is 3.50. The molecule has 1 aromatic heterocycles. The summed E-state index contributed by atoms with van der Waals surface area (Å²) in [4.78, 5) is 4.24. The highest BCUT2D eigenvalue weighted by atomic mass is 35.5. The van der Waals surface area contributed by atoms with Gasteiger partial charge in [0.2, 0.25) is 0 Å². The molecule has 0 saturated carbocycles. The summed E-state index contributed by atoms with van der Waals surface area (Å²) in [6.07, 6.45) is 2.53. The first kappa shape index (κ1) is 13.9. The molecule has 0 radical (unpaired) electrons. The van der Waals surface area contributed by atoms with Crippen molar-refractivity contribution >= 4 is 11.6 Å². The molecule has 102 valence electrons. The fraction of sp³-hybridized carbons (Fsp3) is 0.357. The maximum absolute atomic E-state index is 5.96. The quantitative estimate of drug-likeness (QED) is 0.823. The van der Waals surface area contributed by atoms with E-state index in [1.807, 2.05) is 12.1 Å². The lowest BCUT2D eigenvalue weighted by Gasteiger charge is -2.08. The van der Waals surface area contributed by atoms with Gasteiger partial charge in [-0.2, -0.15) is 0 Å². The molecule has 1 N–H and O–H groups in total. The van der Waals surface area contributed by atoms with E-state index in [9.17, 15) is 0 Å². The summed E-state index contributed by atoms with van der Waals surface area (Å²) in [6.45, 7) is 3.74. The zero-order valence-electron chi connectivity index (χ0n) is 11.1. The van der Waals surface area contributed by atoms with Gasteiger partial charge in [-0.1, -0.05) is 18.5 Å². The molecule has 0 aliphatic rings. The zero-order chi connectivity index (χ0) is 13.7. The monoisotopic (exact) mass is 280 g/mol. The Labute approximate surface area is 117 Å². The molecule has 0 unspecified atom stereocenters. The molecule has 19 heavy (non-hydrogen) atoms. The standard InChI is InChI=1S/C14H17ClN2O2/c1-3-6-16-8-12-14(19-9-17-12)11-5-4-10(15)7-13(11)18-2/h4-5,7,9,16H,3,6,8H2,1-2H3. The van der Waals surface area contributed by atoms with Crippen molar-refractivity contribution in [3.8, 4) is 17.1 Å². The average molecular weight is 281 g/mol. The van der Waals surface area contributed by atoms with Gasteiger partial charge in [-0.05, 0) is 31.2 Å². The molecule has 1 heterocycles. The van der Waals surface area contributed by atoms with E-state index in [0.29, 0.717) is 17.3 Å². The first-order valence-corrected chi connectivity index (χ1v) is 6.61. The van der Waals surface area contributed by atoms with E-state index in [2.05, 4.69) is 17.2 Å². The Morgan fingerprint density at radius 1 is 1.42 bits per heavy atom. The Bertz CT molecular complexity index is 540. The Hall–Kier alpha value is -1.52. The molecular weight excluding hydrogens is 264 g/mol. The highest BCUT2D eigenvalue weighted by Crippen LogP contribution is 2.34. The third-order valence-corrected chi connectivity index (χ3v) is 3.00. The molecular formula is C14H17ClN2O2. The highest BCUT2D eigenvalue weighted by molar-refractivity contribution is 6.30. The summed E-state index contributed by atoms with van der Waals surface area (Å²) in [5.41, 5.74) is 1.73. The van der Waals surface area contributed by atoms with Crippen LogP contribution in [0.25, 0.3) is 11.3 Å². The molecule has 0 bridgehead atoms. The summed E-state index contributed by atoms with van der Waals surface area (Å²) in [5.74, 6) is 1.40. The molecule has 1 aromatic carbocycles. The number of hydrogen-bond acceptors (Lipinski definition) is 4. The van der Waals surface area contributed by atoms with Crippen molar-refractivity contribution in [1.82, 2.24) is 10.3 Å². The Morgan fingerprint density at radius 3 is 3.00 bits per heavy atom. The first-order valence-electron chi connectivity index (χ1n) is 6.23. The van der Waals surface area contributed by atoms with Gasteiger partial charge in [-0.15, -0.1) is 0 Å². The zero-order valence-corrected chi connectivity index (χ0v) is 11.8. The lowest BCUT2D eigenvalue weighted by molar-refractivity contribution is 0.414. The molecule has 5 heteroatoms. The van der Waals surface area contributed by atoms with Crippen molar-refractivity contribution in [2.75, 3.05) is 13.7 Å². The van der Waals surface area contributed by atoms with Crippen molar-refractivity contribution in [1.29, 1.82) is 0 Å². The largest absolute Gasteiger partial charge is 0.496 e. The molecule has 4 nitrogen and oxygen atoms in total. The number of benzene rings is 1. The van der Waals surface area contributed by atoms with E-state index in [4.69, 9.17) is 20.8 Å².